The fourth-order valence-corrected chi connectivity index (χ4v) is 1.46. The van der Waals surface area contributed by atoms with E-state index in [2.05, 4.69) is 13.2 Å². The first-order valence-electron chi connectivity index (χ1n) is 4.47. The topological polar surface area (TPSA) is 95.9 Å². The predicted molar refractivity (Wildman–Crippen MR) is 56.7 cm³/mol. The van der Waals surface area contributed by atoms with E-state index in [4.69, 9.17) is 9.47 Å². The first kappa shape index (κ1) is 19.6. The van der Waals surface area contributed by atoms with Crippen LogP contribution in [0.1, 0.15) is 0 Å². The van der Waals surface area contributed by atoms with Gasteiger partial charge in [-0.3, -0.25) is 0 Å². The number of hydrogen-bond donors (Lipinski definition) is 1. The van der Waals surface area contributed by atoms with Crippen molar-refractivity contribution in [3.8, 4) is 0 Å². The molecule has 0 amide bonds. The summed E-state index contributed by atoms with van der Waals surface area (Å²) in [5.74, 6) is -0.966. The quantitative estimate of drug-likeness (QED) is 0.204. The summed E-state index contributed by atoms with van der Waals surface area (Å²) >= 11 is 0. The van der Waals surface area contributed by atoms with Gasteiger partial charge in [-0.15, -0.1) is 13.2 Å². The fraction of sp³-hybridized carbons (Fsp3) is 0.556. The minimum atomic E-state index is -4.53. The van der Waals surface area contributed by atoms with Crippen LogP contribution in [0.4, 0.5) is 0 Å². The fourth-order valence-electron chi connectivity index (χ4n) is 0.884. The van der Waals surface area contributed by atoms with Gasteiger partial charge in [-0.25, -0.2) is 8.42 Å². The molecule has 0 fully saturated rings. The third-order valence-corrected chi connectivity index (χ3v) is 2.20. The van der Waals surface area contributed by atoms with Crippen molar-refractivity contribution in [3.05, 3.63) is 25.3 Å². The average molecular weight is 274 g/mol. The molecule has 0 aliphatic carbocycles. The van der Waals surface area contributed by atoms with E-state index in [1.165, 1.54) is 12.2 Å². The average Bonchev–Trinajstić information content (AvgIpc) is 2.15. The summed E-state index contributed by atoms with van der Waals surface area (Å²) in [4.78, 5) is 0. The van der Waals surface area contributed by atoms with Crippen LogP contribution in [0.5, 0.6) is 0 Å². The molecule has 8 heteroatoms. The van der Waals surface area contributed by atoms with Crippen molar-refractivity contribution in [1.29, 1.82) is 0 Å². The molecule has 6 nitrogen and oxygen atoms in total. The van der Waals surface area contributed by atoms with Crippen LogP contribution in [0.3, 0.4) is 0 Å². The first-order valence-corrected chi connectivity index (χ1v) is 6.05. The standard InChI is InChI=1S/C9H16O6S.Na/c1-3-5-14-9(15-6-4-2)8(10)7-16(11,12)13;/h3-4,8-10H,1-2,5-7H2,(H,11,12,13);/q;+1/p-1. The molecule has 17 heavy (non-hydrogen) atoms. The van der Waals surface area contributed by atoms with Gasteiger partial charge in [0.25, 0.3) is 0 Å². The zero-order valence-electron chi connectivity index (χ0n) is 9.74. The van der Waals surface area contributed by atoms with E-state index in [1.54, 1.807) is 0 Å². The second kappa shape index (κ2) is 10.2. The zero-order valence-corrected chi connectivity index (χ0v) is 12.6. The molecule has 1 unspecified atom stereocenters. The van der Waals surface area contributed by atoms with Gasteiger partial charge in [-0.05, 0) is 0 Å². The van der Waals surface area contributed by atoms with Gasteiger partial charge in [-0.1, -0.05) is 12.2 Å². The molecule has 1 atom stereocenters. The predicted octanol–water partition coefficient (Wildman–Crippen LogP) is -3.37. The molecule has 0 rings (SSSR count). The maximum absolute atomic E-state index is 10.4. The summed E-state index contributed by atoms with van der Waals surface area (Å²) in [6.07, 6.45) is 0.0767. The Balaban J connectivity index is 0. The van der Waals surface area contributed by atoms with Crippen LogP contribution in [0.2, 0.25) is 0 Å². The van der Waals surface area contributed by atoms with Crippen LogP contribution in [0.25, 0.3) is 0 Å². The smallest absolute Gasteiger partial charge is 0.748 e. The van der Waals surface area contributed by atoms with Crippen molar-refractivity contribution in [1.82, 2.24) is 0 Å². The summed E-state index contributed by atoms with van der Waals surface area (Å²) in [6.45, 7) is 6.90. The molecule has 0 bridgehead atoms. The molecule has 1 N–H and O–H groups in total. The normalized spacial score (nSPS) is 12.9. The van der Waals surface area contributed by atoms with Crippen molar-refractivity contribution in [2.24, 2.45) is 0 Å². The van der Waals surface area contributed by atoms with E-state index in [9.17, 15) is 18.1 Å². The van der Waals surface area contributed by atoms with Crippen LogP contribution in [0, 0.1) is 0 Å². The summed E-state index contributed by atoms with van der Waals surface area (Å²) in [5, 5.41) is 9.40. The van der Waals surface area contributed by atoms with Crippen LogP contribution in [-0.2, 0) is 19.6 Å². The van der Waals surface area contributed by atoms with Gasteiger partial charge in [0.1, 0.15) is 6.10 Å². The summed E-state index contributed by atoms with van der Waals surface area (Å²) < 4.78 is 41.2. The summed E-state index contributed by atoms with van der Waals surface area (Å²) in [6, 6.07) is 0. The third kappa shape index (κ3) is 11.1. The first-order chi connectivity index (χ1) is 7.40. The van der Waals surface area contributed by atoms with Crippen molar-refractivity contribution in [2.45, 2.75) is 12.4 Å². The Bertz CT molecular complexity index is 303. The van der Waals surface area contributed by atoms with E-state index < -0.39 is 28.3 Å². The largest absolute Gasteiger partial charge is 1.00 e. The van der Waals surface area contributed by atoms with Crippen LogP contribution in [-0.4, -0.2) is 49.4 Å². The van der Waals surface area contributed by atoms with E-state index in [-0.39, 0.29) is 42.8 Å². The monoisotopic (exact) mass is 274 g/mol. The third-order valence-electron chi connectivity index (χ3n) is 1.45. The number of ether oxygens (including phenoxy) is 2. The van der Waals surface area contributed by atoms with E-state index >= 15 is 0 Å². The van der Waals surface area contributed by atoms with E-state index in [0.717, 1.165) is 0 Å². The second-order valence-electron chi connectivity index (χ2n) is 2.90. The molecule has 0 spiro atoms. The number of aliphatic hydroxyl groups excluding tert-OH is 1. The molecule has 0 radical (unpaired) electrons. The molecular weight excluding hydrogens is 259 g/mol. The molecule has 0 aromatic carbocycles. The Morgan fingerprint density at radius 2 is 1.65 bits per heavy atom. The van der Waals surface area contributed by atoms with Crippen LogP contribution < -0.4 is 29.6 Å². The van der Waals surface area contributed by atoms with Gasteiger partial charge in [-0.2, -0.15) is 0 Å². The Morgan fingerprint density at radius 1 is 1.24 bits per heavy atom. The number of aliphatic hydroxyl groups is 1. The van der Waals surface area contributed by atoms with Gasteiger partial charge in [0.2, 0.25) is 0 Å². The van der Waals surface area contributed by atoms with Crippen molar-refractivity contribution in [2.75, 3.05) is 19.0 Å². The Hall–Kier alpha value is 0.270. The van der Waals surface area contributed by atoms with E-state index in [0.29, 0.717) is 0 Å². The molecule has 0 saturated carbocycles. The minimum absolute atomic E-state index is 0. The molecule has 0 saturated heterocycles. The Morgan fingerprint density at radius 3 is 1.94 bits per heavy atom. The van der Waals surface area contributed by atoms with Crippen LogP contribution >= 0.6 is 0 Å². The van der Waals surface area contributed by atoms with E-state index in [1.807, 2.05) is 0 Å². The molecule has 0 aromatic heterocycles. The van der Waals surface area contributed by atoms with Gasteiger partial charge < -0.3 is 19.1 Å². The summed E-state index contributed by atoms with van der Waals surface area (Å²) in [7, 11) is -4.53. The SMILES string of the molecule is C=CCOC(OCC=C)C(O)CS(=O)(=O)[O-].[Na+]. The molecule has 0 aliphatic heterocycles. The molecule has 0 heterocycles. The van der Waals surface area contributed by atoms with Crippen molar-refractivity contribution in [3.63, 3.8) is 0 Å². The molecule has 0 aliphatic rings. The summed E-state index contributed by atoms with van der Waals surface area (Å²) in [5.41, 5.74) is 0. The number of rotatable bonds is 9. The van der Waals surface area contributed by atoms with Gasteiger partial charge >= 0.3 is 29.6 Å². The molecule has 0 aromatic rings. The Kier molecular flexibility index (Phi) is 11.8. The minimum Gasteiger partial charge on any atom is -0.748 e. The zero-order chi connectivity index (χ0) is 12.6. The Labute approximate surface area is 123 Å². The molecule has 94 valence electrons. The van der Waals surface area contributed by atoms with Crippen LogP contribution in [0.15, 0.2) is 25.3 Å². The number of hydrogen-bond acceptors (Lipinski definition) is 6. The van der Waals surface area contributed by atoms with Gasteiger partial charge in [0.15, 0.2) is 6.29 Å². The van der Waals surface area contributed by atoms with Gasteiger partial charge in [0, 0.05) is 0 Å². The van der Waals surface area contributed by atoms with Crippen molar-refractivity contribution >= 4 is 10.1 Å². The van der Waals surface area contributed by atoms with Gasteiger partial charge in [0.05, 0.1) is 29.1 Å². The second-order valence-corrected chi connectivity index (χ2v) is 4.35. The molecular formula is C9H15NaO6S. The van der Waals surface area contributed by atoms with Crippen molar-refractivity contribution < 1.29 is 57.1 Å². The maximum Gasteiger partial charge on any atom is 1.00 e. The maximum atomic E-state index is 10.4.